The predicted molar refractivity (Wildman–Crippen MR) is 107 cm³/mol. The molecule has 0 aliphatic rings. The third-order valence-corrected chi connectivity index (χ3v) is 4.33. The van der Waals surface area contributed by atoms with Crippen molar-refractivity contribution in [3.05, 3.63) is 52.5 Å². The van der Waals surface area contributed by atoms with Crippen LogP contribution in [-0.2, 0) is 11.2 Å². The van der Waals surface area contributed by atoms with E-state index < -0.39 is 18.4 Å². The van der Waals surface area contributed by atoms with Crippen LogP contribution >= 0.6 is 11.6 Å². The molecule has 0 aliphatic carbocycles. The third-order valence-electron chi connectivity index (χ3n) is 4.05. The lowest BCUT2D eigenvalue weighted by molar-refractivity contribution is -0.274. The average Bonchev–Trinajstić information content (AvgIpc) is 2.63. The number of hydrogen-bond acceptors (Lipinski definition) is 5. The molecule has 0 saturated heterocycles. The van der Waals surface area contributed by atoms with Gasteiger partial charge in [-0.15, -0.1) is 13.2 Å². The van der Waals surface area contributed by atoms with Crippen LogP contribution < -0.4 is 20.5 Å². The molecule has 0 aliphatic heterocycles. The van der Waals surface area contributed by atoms with E-state index in [4.69, 9.17) is 27.2 Å². The van der Waals surface area contributed by atoms with E-state index in [1.165, 1.54) is 24.3 Å². The van der Waals surface area contributed by atoms with Crippen molar-refractivity contribution in [1.82, 2.24) is 0 Å². The first-order chi connectivity index (χ1) is 14.0. The zero-order chi connectivity index (χ0) is 22.3. The number of benzene rings is 2. The van der Waals surface area contributed by atoms with Gasteiger partial charge in [-0.05, 0) is 61.2 Å². The maximum atomic E-state index is 12.1. The number of rotatable bonds is 10. The Labute approximate surface area is 176 Å². The van der Waals surface area contributed by atoms with Crippen molar-refractivity contribution < 1.29 is 32.5 Å². The molecule has 0 heterocycles. The Morgan fingerprint density at radius 1 is 1.27 bits per heavy atom. The predicted octanol–water partition coefficient (Wildman–Crippen LogP) is 4.38. The van der Waals surface area contributed by atoms with Crippen molar-refractivity contribution in [3.8, 4) is 11.5 Å². The van der Waals surface area contributed by atoms with Gasteiger partial charge in [-0.25, -0.2) is 0 Å². The number of carboxylic acids is 1. The summed E-state index contributed by atoms with van der Waals surface area (Å²) in [6.07, 6.45) is -3.94. The third kappa shape index (κ3) is 7.64. The Balaban J connectivity index is 1.79. The number of aliphatic carboxylic acids is 1. The molecule has 0 unspecified atom stereocenters. The largest absolute Gasteiger partial charge is 0.573 e. The first-order valence-electron chi connectivity index (χ1n) is 9.05. The van der Waals surface area contributed by atoms with Gasteiger partial charge in [0.05, 0.1) is 11.6 Å². The molecule has 0 saturated carbocycles. The van der Waals surface area contributed by atoms with Crippen LogP contribution in [-0.4, -0.2) is 36.6 Å². The fraction of sp³-hybridized carbons (Fsp3) is 0.350. The Bertz CT molecular complexity index is 837. The van der Waals surface area contributed by atoms with Crippen LogP contribution in [0, 0.1) is 6.92 Å². The lowest BCUT2D eigenvalue weighted by Gasteiger charge is -2.14. The highest BCUT2D eigenvalue weighted by Gasteiger charge is 2.30. The molecule has 2 aromatic rings. The second kappa shape index (κ2) is 10.4. The van der Waals surface area contributed by atoms with Crippen molar-refractivity contribution >= 4 is 23.3 Å². The summed E-state index contributed by atoms with van der Waals surface area (Å²) in [5.74, 6) is -0.855. The maximum absolute atomic E-state index is 12.1. The summed E-state index contributed by atoms with van der Waals surface area (Å²) in [5.41, 5.74) is 7.67. The van der Waals surface area contributed by atoms with Crippen LogP contribution in [0.2, 0.25) is 5.02 Å². The number of halogens is 4. The van der Waals surface area contributed by atoms with Gasteiger partial charge in [0.25, 0.3) is 0 Å². The van der Waals surface area contributed by atoms with Crippen LogP contribution in [0.5, 0.6) is 11.5 Å². The van der Waals surface area contributed by atoms with Crippen molar-refractivity contribution in [3.63, 3.8) is 0 Å². The second-order valence-corrected chi connectivity index (χ2v) is 6.98. The molecule has 0 aromatic heterocycles. The van der Waals surface area contributed by atoms with Gasteiger partial charge in [-0.3, -0.25) is 4.79 Å². The molecule has 4 N–H and O–H groups in total. The van der Waals surface area contributed by atoms with Crippen LogP contribution in [0.1, 0.15) is 17.5 Å². The molecule has 0 radical (unpaired) electrons. The molecule has 0 bridgehead atoms. The molecule has 0 fully saturated rings. The van der Waals surface area contributed by atoms with Gasteiger partial charge in [0.2, 0.25) is 0 Å². The van der Waals surface area contributed by atoms with Crippen molar-refractivity contribution in [1.29, 1.82) is 0 Å². The average molecular weight is 447 g/mol. The molecule has 1 atom stereocenters. The summed E-state index contributed by atoms with van der Waals surface area (Å²) >= 11 is 6.25. The van der Waals surface area contributed by atoms with E-state index >= 15 is 0 Å². The Hall–Kier alpha value is -2.65. The second-order valence-electron chi connectivity index (χ2n) is 6.57. The highest BCUT2D eigenvalue weighted by molar-refractivity contribution is 6.32. The minimum atomic E-state index is -4.72. The summed E-state index contributed by atoms with van der Waals surface area (Å²) in [7, 11) is 0. The monoisotopic (exact) mass is 446 g/mol. The molecular formula is C20H22ClF3N2O4. The number of anilines is 1. The number of alkyl halides is 3. The number of carbonyl (C=O) groups is 1. The van der Waals surface area contributed by atoms with Crippen molar-refractivity contribution in [2.75, 3.05) is 18.5 Å². The molecule has 30 heavy (non-hydrogen) atoms. The Morgan fingerprint density at radius 2 is 1.93 bits per heavy atom. The lowest BCUT2D eigenvalue weighted by Crippen LogP contribution is -2.32. The molecule has 10 heteroatoms. The van der Waals surface area contributed by atoms with E-state index in [-0.39, 0.29) is 12.2 Å². The van der Waals surface area contributed by atoms with E-state index in [1.54, 1.807) is 19.1 Å². The summed E-state index contributed by atoms with van der Waals surface area (Å²) in [5, 5.41) is 12.3. The summed E-state index contributed by atoms with van der Waals surface area (Å²) in [6, 6.07) is 7.85. The van der Waals surface area contributed by atoms with Gasteiger partial charge < -0.3 is 25.6 Å². The smallest absolute Gasteiger partial charge is 0.492 e. The van der Waals surface area contributed by atoms with Crippen LogP contribution in [0.25, 0.3) is 0 Å². The van der Waals surface area contributed by atoms with E-state index in [9.17, 15) is 18.0 Å². The molecular weight excluding hydrogens is 425 g/mol. The standard InChI is InChI=1S/C20H22ClF3N2O4/c1-12-9-13(11-17(25)19(27)28)10-16(21)18(12)29-8-2-7-26-14-3-5-15(6-4-14)30-20(22,23)24/h3-6,9-10,17,26H,2,7-8,11,25H2,1H3,(H,27,28)/t17-/m0/s1. The highest BCUT2D eigenvalue weighted by atomic mass is 35.5. The molecule has 164 valence electrons. The number of ether oxygens (including phenoxy) is 2. The quantitative estimate of drug-likeness (QED) is 0.469. The van der Waals surface area contributed by atoms with Crippen molar-refractivity contribution in [2.24, 2.45) is 5.73 Å². The van der Waals surface area contributed by atoms with Gasteiger partial charge in [-0.2, -0.15) is 0 Å². The number of aryl methyl sites for hydroxylation is 1. The van der Waals surface area contributed by atoms with Crippen LogP contribution in [0.3, 0.4) is 0 Å². The minimum Gasteiger partial charge on any atom is -0.492 e. The van der Waals surface area contributed by atoms with Gasteiger partial charge >= 0.3 is 12.3 Å². The highest BCUT2D eigenvalue weighted by Crippen LogP contribution is 2.30. The van der Waals surface area contributed by atoms with Crippen LogP contribution in [0.15, 0.2) is 36.4 Å². The van der Waals surface area contributed by atoms with Crippen LogP contribution in [0.4, 0.5) is 18.9 Å². The number of nitrogens with one attached hydrogen (secondary N) is 1. The molecule has 6 nitrogen and oxygen atoms in total. The van der Waals surface area contributed by atoms with E-state index in [2.05, 4.69) is 10.1 Å². The van der Waals surface area contributed by atoms with Crippen molar-refractivity contribution in [2.45, 2.75) is 32.2 Å². The number of carboxylic acid groups (broad SMARTS) is 1. The maximum Gasteiger partial charge on any atom is 0.573 e. The fourth-order valence-corrected chi connectivity index (χ4v) is 3.04. The Morgan fingerprint density at radius 3 is 2.50 bits per heavy atom. The van der Waals surface area contributed by atoms with Gasteiger partial charge in [0.1, 0.15) is 17.5 Å². The number of hydrogen-bond donors (Lipinski definition) is 3. The fourth-order valence-electron chi connectivity index (χ4n) is 2.70. The normalized spacial score (nSPS) is 12.3. The first kappa shape index (κ1) is 23.6. The topological polar surface area (TPSA) is 93.8 Å². The lowest BCUT2D eigenvalue weighted by atomic mass is 10.0. The molecule has 2 aromatic carbocycles. The minimum absolute atomic E-state index is 0.160. The zero-order valence-electron chi connectivity index (χ0n) is 16.1. The summed E-state index contributed by atoms with van der Waals surface area (Å²) < 4.78 is 46.0. The summed E-state index contributed by atoms with van der Waals surface area (Å²) in [4.78, 5) is 10.9. The molecule has 0 amide bonds. The molecule has 0 spiro atoms. The molecule has 2 rings (SSSR count). The van der Waals surface area contributed by atoms with E-state index in [0.717, 1.165) is 5.56 Å². The van der Waals surface area contributed by atoms with E-state index in [0.29, 0.717) is 41.6 Å². The summed E-state index contributed by atoms with van der Waals surface area (Å²) in [6.45, 7) is 2.69. The SMILES string of the molecule is Cc1cc(C[C@H](N)C(=O)O)cc(Cl)c1OCCCNc1ccc(OC(F)(F)F)cc1. The zero-order valence-corrected chi connectivity index (χ0v) is 16.9. The van der Waals surface area contributed by atoms with Gasteiger partial charge in [0.15, 0.2) is 0 Å². The Kier molecular flexibility index (Phi) is 8.19. The number of nitrogens with two attached hydrogens (primary N) is 1. The van der Waals surface area contributed by atoms with Gasteiger partial charge in [-0.1, -0.05) is 17.7 Å². The van der Waals surface area contributed by atoms with Gasteiger partial charge in [0, 0.05) is 12.2 Å². The first-order valence-corrected chi connectivity index (χ1v) is 9.43. The van der Waals surface area contributed by atoms with E-state index in [1.807, 2.05) is 0 Å².